The number of ether oxygens (including phenoxy) is 1. The number of hydrogen-bond donors (Lipinski definition) is 1. The zero-order valence-corrected chi connectivity index (χ0v) is 17.3. The maximum absolute atomic E-state index is 12.7. The molecule has 0 saturated carbocycles. The summed E-state index contributed by atoms with van der Waals surface area (Å²) in [6.07, 6.45) is 2.18. The number of benzene rings is 2. The minimum atomic E-state index is -0.637. The molecule has 0 aliphatic carbocycles. The van der Waals surface area contributed by atoms with Crippen molar-refractivity contribution in [1.82, 2.24) is 0 Å². The fourth-order valence-corrected chi connectivity index (χ4v) is 3.70. The van der Waals surface area contributed by atoms with E-state index in [1.807, 2.05) is 38.1 Å². The van der Waals surface area contributed by atoms with Gasteiger partial charge in [0.15, 0.2) is 12.4 Å². The monoisotopic (exact) mass is 418 g/mol. The summed E-state index contributed by atoms with van der Waals surface area (Å²) in [7, 11) is 0. The summed E-state index contributed by atoms with van der Waals surface area (Å²) >= 11 is 0. The largest absolute Gasteiger partial charge is 0.459 e. The molecule has 1 aliphatic heterocycles. The van der Waals surface area contributed by atoms with Crippen LogP contribution in [0.1, 0.15) is 39.0 Å². The van der Waals surface area contributed by atoms with Crippen LogP contribution in [0, 0.1) is 6.92 Å². The van der Waals surface area contributed by atoms with Gasteiger partial charge in [-0.3, -0.25) is 9.59 Å². The molecule has 7 heteroatoms. The van der Waals surface area contributed by atoms with Crippen LogP contribution in [0.5, 0.6) is 0 Å². The molecule has 1 atom stereocenters. The number of nitrogens with one attached hydrogen (secondary N) is 1. The van der Waals surface area contributed by atoms with E-state index in [0.717, 1.165) is 23.2 Å². The number of esters is 1. The van der Waals surface area contributed by atoms with Gasteiger partial charge in [-0.2, -0.15) is 0 Å². The van der Waals surface area contributed by atoms with Gasteiger partial charge in [0.05, 0.1) is 11.8 Å². The van der Waals surface area contributed by atoms with Gasteiger partial charge in [0.25, 0.3) is 11.8 Å². The lowest BCUT2D eigenvalue weighted by Crippen LogP contribution is -2.38. The molecule has 0 bridgehead atoms. The molecule has 4 rings (SSSR count). The van der Waals surface area contributed by atoms with Crippen molar-refractivity contribution < 1.29 is 23.5 Å². The van der Waals surface area contributed by atoms with E-state index in [0.29, 0.717) is 5.69 Å². The van der Waals surface area contributed by atoms with Crippen LogP contribution in [0.15, 0.2) is 65.3 Å². The average Bonchev–Trinajstić information content (AvgIpc) is 3.40. The van der Waals surface area contributed by atoms with Crippen LogP contribution in [0.2, 0.25) is 0 Å². The molecule has 31 heavy (non-hydrogen) atoms. The predicted molar refractivity (Wildman–Crippen MR) is 115 cm³/mol. The molecule has 0 spiro atoms. The van der Waals surface area contributed by atoms with E-state index in [-0.39, 0.29) is 29.9 Å². The summed E-state index contributed by atoms with van der Waals surface area (Å²) in [6.45, 7) is 3.41. The zero-order valence-electron chi connectivity index (χ0n) is 17.3. The second-order valence-corrected chi connectivity index (χ2v) is 7.48. The van der Waals surface area contributed by atoms with E-state index in [9.17, 15) is 14.4 Å². The Morgan fingerprint density at radius 2 is 1.94 bits per heavy atom. The van der Waals surface area contributed by atoms with E-state index < -0.39 is 11.9 Å². The Kier molecular flexibility index (Phi) is 5.58. The Labute approximate surface area is 179 Å². The molecule has 2 aromatic carbocycles. The van der Waals surface area contributed by atoms with Gasteiger partial charge < -0.3 is 19.4 Å². The van der Waals surface area contributed by atoms with Crippen molar-refractivity contribution in [2.24, 2.45) is 0 Å². The van der Waals surface area contributed by atoms with Crippen LogP contribution >= 0.6 is 0 Å². The maximum Gasteiger partial charge on any atom is 0.338 e. The highest BCUT2D eigenvalue weighted by atomic mass is 16.5. The van der Waals surface area contributed by atoms with E-state index in [1.54, 1.807) is 29.2 Å². The van der Waals surface area contributed by atoms with Crippen LogP contribution in [0.3, 0.4) is 0 Å². The highest BCUT2D eigenvalue weighted by molar-refractivity contribution is 6.04. The topological polar surface area (TPSA) is 88.9 Å². The Balaban J connectivity index is 1.42. The minimum Gasteiger partial charge on any atom is -0.459 e. The maximum atomic E-state index is 12.7. The number of fused-ring (bicyclic) bond motifs is 1. The molecule has 3 aromatic rings. The Morgan fingerprint density at radius 1 is 1.13 bits per heavy atom. The highest BCUT2D eigenvalue weighted by Gasteiger charge is 2.31. The molecule has 0 fully saturated rings. The summed E-state index contributed by atoms with van der Waals surface area (Å²) in [5.74, 6) is -1.17. The Hall–Kier alpha value is -3.87. The van der Waals surface area contributed by atoms with Crippen LogP contribution in [0.4, 0.5) is 11.4 Å². The van der Waals surface area contributed by atoms with Gasteiger partial charge in [-0.1, -0.05) is 24.3 Å². The van der Waals surface area contributed by atoms with Gasteiger partial charge in [0.1, 0.15) is 0 Å². The lowest BCUT2D eigenvalue weighted by Gasteiger charge is -2.22. The van der Waals surface area contributed by atoms with Crippen molar-refractivity contribution in [2.75, 3.05) is 16.8 Å². The van der Waals surface area contributed by atoms with E-state index in [1.165, 1.54) is 12.3 Å². The average molecular weight is 418 g/mol. The lowest BCUT2D eigenvalue weighted by molar-refractivity contribution is -0.122. The molecule has 2 amide bonds. The molecule has 158 valence electrons. The number of nitrogens with zero attached hydrogens (tertiary/aromatic N) is 1. The summed E-state index contributed by atoms with van der Waals surface area (Å²) in [4.78, 5) is 39.2. The summed E-state index contributed by atoms with van der Waals surface area (Å²) in [6, 6.07) is 15.7. The van der Waals surface area contributed by atoms with Gasteiger partial charge in [-0.05, 0) is 61.7 Å². The van der Waals surface area contributed by atoms with E-state index >= 15 is 0 Å². The third kappa shape index (κ3) is 4.21. The quantitative estimate of drug-likeness (QED) is 0.633. The van der Waals surface area contributed by atoms with Crippen LogP contribution in [0.25, 0.3) is 0 Å². The summed E-state index contributed by atoms with van der Waals surface area (Å²) in [5.41, 5.74) is 3.43. The molecule has 2 heterocycles. The van der Waals surface area contributed by atoms with Crippen LogP contribution in [-0.2, 0) is 16.0 Å². The third-order valence-corrected chi connectivity index (χ3v) is 5.27. The van der Waals surface area contributed by atoms with Crippen molar-refractivity contribution in [1.29, 1.82) is 0 Å². The molecule has 1 aromatic heterocycles. The Morgan fingerprint density at radius 3 is 2.71 bits per heavy atom. The molecule has 0 radical (unpaired) electrons. The number of carbonyl (C=O) groups is 3. The first-order valence-electron chi connectivity index (χ1n) is 9.96. The van der Waals surface area contributed by atoms with Crippen LogP contribution in [-0.4, -0.2) is 30.4 Å². The number of para-hydroxylation sites is 1. The summed E-state index contributed by atoms with van der Waals surface area (Å²) < 4.78 is 10.4. The molecule has 7 nitrogen and oxygen atoms in total. The zero-order chi connectivity index (χ0) is 22.0. The molecular formula is C24H22N2O5. The van der Waals surface area contributed by atoms with Gasteiger partial charge in [0, 0.05) is 17.4 Å². The summed E-state index contributed by atoms with van der Waals surface area (Å²) in [5, 5.41) is 2.72. The molecule has 1 unspecified atom stereocenters. The van der Waals surface area contributed by atoms with Gasteiger partial charge in [-0.15, -0.1) is 0 Å². The van der Waals surface area contributed by atoms with Crippen molar-refractivity contribution in [3.05, 3.63) is 83.3 Å². The lowest BCUT2D eigenvalue weighted by atomic mass is 10.1. The van der Waals surface area contributed by atoms with Crippen molar-refractivity contribution >= 4 is 29.2 Å². The molecule has 0 saturated heterocycles. The van der Waals surface area contributed by atoms with E-state index in [4.69, 9.17) is 9.15 Å². The van der Waals surface area contributed by atoms with Gasteiger partial charge in [-0.25, -0.2) is 4.79 Å². The smallest absolute Gasteiger partial charge is 0.338 e. The predicted octanol–water partition coefficient (Wildman–Crippen LogP) is 3.97. The number of anilines is 2. The number of amides is 2. The van der Waals surface area contributed by atoms with Crippen LogP contribution < -0.4 is 10.2 Å². The highest BCUT2D eigenvalue weighted by Crippen LogP contribution is 2.31. The minimum absolute atomic E-state index is 0.00592. The van der Waals surface area contributed by atoms with Crippen molar-refractivity contribution in [3.8, 4) is 0 Å². The fourth-order valence-electron chi connectivity index (χ4n) is 3.70. The van der Waals surface area contributed by atoms with Crippen molar-refractivity contribution in [3.63, 3.8) is 0 Å². The van der Waals surface area contributed by atoms with E-state index in [2.05, 4.69) is 5.32 Å². The molecule has 1 aliphatic rings. The first-order chi connectivity index (χ1) is 14.9. The number of carbonyl (C=O) groups excluding carboxylic acids is 3. The first-order valence-corrected chi connectivity index (χ1v) is 9.96. The number of aryl methyl sites for hydroxylation is 1. The Bertz CT molecular complexity index is 1140. The standard InChI is InChI=1S/C24H22N2O5/c1-15-9-10-18(13-19(15)25-23(28)21-8-5-11-30-21)24(29)31-14-22(27)26-16(2)12-17-6-3-4-7-20(17)26/h3-11,13,16H,12,14H2,1-2H3,(H,25,28). The second kappa shape index (κ2) is 8.47. The van der Waals surface area contributed by atoms with Gasteiger partial charge in [0.2, 0.25) is 0 Å². The third-order valence-electron chi connectivity index (χ3n) is 5.27. The number of hydrogen-bond acceptors (Lipinski definition) is 5. The fraction of sp³-hybridized carbons (Fsp3) is 0.208. The second-order valence-electron chi connectivity index (χ2n) is 7.48. The first kappa shape index (κ1) is 20.4. The van der Waals surface area contributed by atoms with Gasteiger partial charge >= 0.3 is 5.97 Å². The van der Waals surface area contributed by atoms with Crippen molar-refractivity contribution in [2.45, 2.75) is 26.3 Å². The number of furan rings is 1. The normalized spacial score (nSPS) is 14.8. The SMILES string of the molecule is Cc1ccc(C(=O)OCC(=O)N2c3ccccc3CC2C)cc1NC(=O)c1ccco1. The number of rotatable bonds is 5. The molecule has 1 N–H and O–H groups in total. The molecular weight excluding hydrogens is 396 g/mol.